The number of carbonyl (C=O) groups is 1. The van der Waals surface area contributed by atoms with Crippen molar-refractivity contribution in [3.8, 4) is 17.6 Å². The molecule has 0 heterocycles. The lowest BCUT2D eigenvalue weighted by Crippen LogP contribution is -2.36. The van der Waals surface area contributed by atoms with Gasteiger partial charge in [0.25, 0.3) is 0 Å². The van der Waals surface area contributed by atoms with Crippen LogP contribution in [0.5, 0.6) is 5.75 Å². The Balaban J connectivity index is 1.81. The van der Waals surface area contributed by atoms with E-state index in [1.165, 1.54) is 12.1 Å². The molecule has 0 aliphatic rings. The number of hydrogen-bond donors (Lipinski definition) is 1. The summed E-state index contributed by atoms with van der Waals surface area (Å²) in [7, 11) is -3.70. The van der Waals surface area contributed by atoms with E-state index in [-0.39, 0.29) is 16.3 Å². The number of carbonyl (C=O) groups excluding carboxylic acids is 1. The molecule has 202 valence electrons. The smallest absolute Gasteiger partial charge is 0.312 e. The molecule has 0 amide bonds. The van der Waals surface area contributed by atoms with Crippen LogP contribution in [0.4, 0.5) is 0 Å². The number of sulfonamides is 1. The minimum Gasteiger partial charge on any atom is -0.493 e. The number of rotatable bonds is 10. The molecule has 2 aromatic rings. The quantitative estimate of drug-likeness (QED) is 0.308. The highest BCUT2D eigenvalue weighted by atomic mass is 32.2. The Hall–Kier alpha value is -2.82. The van der Waals surface area contributed by atoms with E-state index in [2.05, 4.69) is 25.7 Å². The van der Waals surface area contributed by atoms with Gasteiger partial charge in [-0.1, -0.05) is 37.8 Å². The molecular weight excluding hydrogens is 486 g/mol. The molecule has 0 aliphatic carbocycles. The summed E-state index contributed by atoms with van der Waals surface area (Å²) in [6.45, 7) is 14.4. The van der Waals surface area contributed by atoms with E-state index in [1.54, 1.807) is 12.1 Å². The lowest BCUT2D eigenvalue weighted by Gasteiger charge is -2.35. The summed E-state index contributed by atoms with van der Waals surface area (Å²) in [5.41, 5.74) is 0.986. The van der Waals surface area contributed by atoms with Gasteiger partial charge in [-0.3, -0.25) is 4.79 Å². The van der Waals surface area contributed by atoms with Crippen LogP contribution in [0.2, 0.25) is 0 Å². The molecule has 0 saturated heterocycles. The number of hydrogen-bond acceptors (Lipinski definition) is 5. The van der Waals surface area contributed by atoms with Gasteiger partial charge in [0.2, 0.25) is 10.0 Å². The zero-order valence-electron chi connectivity index (χ0n) is 23.2. The average molecular weight is 528 g/mol. The van der Waals surface area contributed by atoms with Crippen molar-refractivity contribution in [2.75, 3.05) is 6.61 Å². The Kier molecular flexibility index (Phi) is 9.98. The molecule has 7 heteroatoms. The Morgan fingerprint density at radius 1 is 0.919 bits per heavy atom. The zero-order chi connectivity index (χ0) is 27.9. The first-order valence-corrected chi connectivity index (χ1v) is 14.1. The van der Waals surface area contributed by atoms with E-state index >= 15 is 0 Å². The predicted octanol–water partition coefficient (Wildman–Crippen LogP) is 5.87. The van der Waals surface area contributed by atoms with Gasteiger partial charge < -0.3 is 9.47 Å². The van der Waals surface area contributed by atoms with Crippen molar-refractivity contribution in [1.29, 1.82) is 0 Å². The van der Waals surface area contributed by atoms with Crippen LogP contribution in [0.25, 0.3) is 0 Å². The van der Waals surface area contributed by atoms with Crippen LogP contribution in [0, 0.1) is 22.7 Å². The van der Waals surface area contributed by atoms with Crippen molar-refractivity contribution < 1.29 is 22.7 Å². The van der Waals surface area contributed by atoms with Crippen LogP contribution in [-0.4, -0.2) is 26.6 Å². The summed E-state index contributed by atoms with van der Waals surface area (Å²) in [6, 6.07) is 14.1. The Morgan fingerprint density at radius 2 is 1.51 bits per heavy atom. The first-order valence-electron chi connectivity index (χ1n) is 12.5. The zero-order valence-corrected chi connectivity index (χ0v) is 24.0. The molecule has 0 fully saturated rings. The molecule has 0 spiro atoms. The molecule has 0 radical (unpaired) electrons. The SMILES string of the molecule is CC(C)(CCC#Cc1ccc(CCOc2ccc(S(N)(=O)=O)cc2)cc1)CC(C)(C)C(=O)OC(C)(C)C. The first-order chi connectivity index (χ1) is 17.0. The number of primary sulfonamides is 1. The third-order valence-electron chi connectivity index (χ3n) is 5.80. The third kappa shape index (κ3) is 11.0. The van der Waals surface area contributed by atoms with E-state index in [9.17, 15) is 13.2 Å². The van der Waals surface area contributed by atoms with Gasteiger partial charge >= 0.3 is 5.97 Å². The largest absolute Gasteiger partial charge is 0.493 e. The molecule has 37 heavy (non-hydrogen) atoms. The fraction of sp³-hybridized carbons (Fsp3) is 0.500. The van der Waals surface area contributed by atoms with Gasteiger partial charge in [-0.2, -0.15) is 0 Å². The van der Waals surface area contributed by atoms with E-state index < -0.39 is 21.0 Å². The number of esters is 1. The van der Waals surface area contributed by atoms with Gasteiger partial charge in [-0.25, -0.2) is 13.6 Å². The van der Waals surface area contributed by atoms with Crippen molar-refractivity contribution in [3.05, 3.63) is 59.7 Å². The van der Waals surface area contributed by atoms with E-state index in [4.69, 9.17) is 14.6 Å². The first kappa shape index (κ1) is 30.4. The fourth-order valence-corrected chi connectivity index (χ4v) is 4.62. The second-order valence-corrected chi connectivity index (χ2v) is 13.4. The van der Waals surface area contributed by atoms with Crippen molar-refractivity contribution >= 4 is 16.0 Å². The second-order valence-electron chi connectivity index (χ2n) is 11.8. The van der Waals surface area contributed by atoms with Gasteiger partial charge in [0.05, 0.1) is 16.9 Å². The van der Waals surface area contributed by atoms with Crippen LogP contribution in [0.1, 0.15) is 78.9 Å². The van der Waals surface area contributed by atoms with E-state index in [0.717, 1.165) is 30.4 Å². The molecule has 2 aromatic carbocycles. The lowest BCUT2D eigenvalue weighted by atomic mass is 9.73. The highest BCUT2D eigenvalue weighted by molar-refractivity contribution is 7.89. The normalized spacial score (nSPS) is 12.4. The van der Waals surface area contributed by atoms with Crippen LogP contribution < -0.4 is 9.88 Å². The van der Waals surface area contributed by atoms with Gasteiger partial charge in [0.15, 0.2) is 0 Å². The lowest BCUT2D eigenvalue weighted by molar-refractivity contribution is -0.167. The van der Waals surface area contributed by atoms with Crippen molar-refractivity contribution in [1.82, 2.24) is 0 Å². The summed E-state index contributed by atoms with van der Waals surface area (Å²) < 4.78 is 33.9. The van der Waals surface area contributed by atoms with Crippen molar-refractivity contribution in [2.24, 2.45) is 16.0 Å². The molecule has 0 bridgehead atoms. The van der Waals surface area contributed by atoms with Gasteiger partial charge in [-0.15, -0.1) is 0 Å². The molecule has 2 N–H and O–H groups in total. The molecule has 0 saturated carbocycles. The highest BCUT2D eigenvalue weighted by Crippen LogP contribution is 2.38. The predicted molar refractivity (Wildman–Crippen MR) is 148 cm³/mol. The minimum absolute atomic E-state index is 0.0438. The van der Waals surface area contributed by atoms with Gasteiger partial charge in [0, 0.05) is 18.4 Å². The van der Waals surface area contributed by atoms with Crippen molar-refractivity contribution in [2.45, 2.75) is 84.6 Å². The maximum absolute atomic E-state index is 12.6. The van der Waals surface area contributed by atoms with E-state index in [0.29, 0.717) is 18.8 Å². The van der Waals surface area contributed by atoms with Gasteiger partial charge in [-0.05, 0) is 94.8 Å². The standard InChI is InChI=1S/C30H41NO5S/c1-28(2,3)36-27(32)30(6,7)22-29(4,5)20-9-8-10-23-11-13-24(14-12-23)19-21-35-25-15-17-26(18-16-25)37(31,33)34/h11-18H,9,19-22H2,1-7H3,(H2,31,33,34). The molecule has 0 aliphatic heterocycles. The van der Waals surface area contributed by atoms with Crippen LogP contribution >= 0.6 is 0 Å². The summed E-state index contributed by atoms with van der Waals surface area (Å²) in [5, 5.41) is 5.11. The number of ether oxygens (including phenoxy) is 2. The average Bonchev–Trinajstić information content (AvgIpc) is 2.75. The van der Waals surface area contributed by atoms with Crippen LogP contribution in [0.15, 0.2) is 53.4 Å². The molecule has 0 aromatic heterocycles. The summed E-state index contributed by atoms with van der Waals surface area (Å²) >= 11 is 0. The van der Waals surface area contributed by atoms with E-state index in [1.807, 2.05) is 58.9 Å². The maximum atomic E-state index is 12.6. The van der Waals surface area contributed by atoms with Gasteiger partial charge in [0.1, 0.15) is 11.4 Å². The Morgan fingerprint density at radius 3 is 2.05 bits per heavy atom. The summed E-state index contributed by atoms with van der Waals surface area (Å²) in [6.07, 6.45) is 3.08. The molecule has 6 nitrogen and oxygen atoms in total. The molecule has 0 unspecified atom stereocenters. The monoisotopic (exact) mass is 527 g/mol. The minimum atomic E-state index is -3.70. The van der Waals surface area contributed by atoms with Crippen LogP contribution in [-0.2, 0) is 26.0 Å². The third-order valence-corrected chi connectivity index (χ3v) is 6.73. The fourth-order valence-electron chi connectivity index (χ4n) is 4.11. The summed E-state index contributed by atoms with van der Waals surface area (Å²) in [5.74, 6) is 6.92. The van der Waals surface area contributed by atoms with Crippen molar-refractivity contribution in [3.63, 3.8) is 0 Å². The second kappa shape index (κ2) is 12.1. The number of benzene rings is 2. The maximum Gasteiger partial charge on any atom is 0.312 e. The topological polar surface area (TPSA) is 95.7 Å². The Labute approximate surface area is 223 Å². The van der Waals surface area contributed by atoms with Crippen LogP contribution in [0.3, 0.4) is 0 Å². The summed E-state index contributed by atoms with van der Waals surface area (Å²) in [4.78, 5) is 12.7. The Bertz CT molecular complexity index is 1210. The highest BCUT2D eigenvalue weighted by Gasteiger charge is 2.37. The molecule has 2 rings (SSSR count). The molecule has 0 atom stereocenters. The number of nitrogens with two attached hydrogens (primary N) is 1. The molecular formula is C30H41NO5S.